The van der Waals surface area contributed by atoms with Crippen molar-refractivity contribution in [3.05, 3.63) is 60.2 Å². The summed E-state index contributed by atoms with van der Waals surface area (Å²) in [6, 6.07) is 6.44. The minimum absolute atomic E-state index is 0.221. The molecule has 0 aliphatic carbocycles. The highest BCUT2D eigenvalue weighted by molar-refractivity contribution is 6.08. The van der Waals surface area contributed by atoms with Crippen molar-refractivity contribution < 1.29 is 9.59 Å². The summed E-state index contributed by atoms with van der Waals surface area (Å²) in [5.41, 5.74) is 0.442. The van der Waals surface area contributed by atoms with E-state index in [0.29, 0.717) is 0 Å². The smallest absolute Gasteiger partial charge is 0.267 e. The molecule has 0 bridgehead atoms. The van der Waals surface area contributed by atoms with Crippen LogP contribution in [0.3, 0.4) is 0 Å². The van der Waals surface area contributed by atoms with Crippen LogP contribution in [0.4, 0.5) is 0 Å². The molecule has 0 aliphatic heterocycles. The molecule has 2 aromatic heterocycles. The highest BCUT2D eigenvalue weighted by Gasteiger charge is 2.19. The number of hydrogen-bond donors (Lipinski definition) is 0. The molecule has 3 aromatic rings. The van der Waals surface area contributed by atoms with Crippen molar-refractivity contribution in [1.82, 2.24) is 30.0 Å². The minimum atomic E-state index is -0.438. The molecule has 0 N–H and O–H groups in total. The van der Waals surface area contributed by atoms with Crippen LogP contribution in [0.15, 0.2) is 49.1 Å². The van der Waals surface area contributed by atoms with Crippen molar-refractivity contribution in [1.29, 1.82) is 0 Å². The number of carbonyl (C=O) groups is 2. The van der Waals surface area contributed by atoms with Crippen LogP contribution in [-0.4, -0.2) is 41.8 Å². The van der Waals surface area contributed by atoms with Gasteiger partial charge in [-0.15, -0.1) is 10.2 Å². The third-order valence-corrected chi connectivity index (χ3v) is 2.65. The minimum Gasteiger partial charge on any atom is -0.267 e. The Balaban J connectivity index is 2.05. The van der Waals surface area contributed by atoms with Crippen molar-refractivity contribution >= 4 is 11.8 Å². The van der Waals surface area contributed by atoms with Gasteiger partial charge in [-0.25, -0.2) is 0 Å². The highest BCUT2D eigenvalue weighted by Crippen LogP contribution is 2.11. The van der Waals surface area contributed by atoms with Gasteiger partial charge in [0, 0.05) is 0 Å². The lowest BCUT2D eigenvalue weighted by molar-refractivity contribution is 0.0908. The molecule has 0 amide bonds. The number of rotatable bonds is 2. The molecule has 0 spiro atoms. The molecule has 1 aromatic carbocycles. The van der Waals surface area contributed by atoms with E-state index in [-0.39, 0.29) is 11.1 Å². The van der Waals surface area contributed by atoms with E-state index < -0.39 is 11.8 Å². The van der Waals surface area contributed by atoms with Gasteiger partial charge in [0.05, 0.1) is 35.9 Å². The zero-order valence-corrected chi connectivity index (χ0v) is 10.1. The maximum Gasteiger partial charge on any atom is 0.280 e. The zero-order valence-electron chi connectivity index (χ0n) is 10.1. The molecule has 8 heteroatoms. The van der Waals surface area contributed by atoms with Crippen LogP contribution in [0.25, 0.3) is 0 Å². The van der Waals surface area contributed by atoms with Gasteiger partial charge in [-0.1, -0.05) is 22.6 Å². The summed E-state index contributed by atoms with van der Waals surface area (Å²) in [6.07, 6.45) is 5.61. The lowest BCUT2D eigenvalue weighted by Gasteiger charge is -2.06. The molecule has 0 aliphatic rings. The quantitative estimate of drug-likeness (QED) is 0.661. The van der Waals surface area contributed by atoms with E-state index in [2.05, 4.69) is 20.6 Å². The fraction of sp³-hybridized carbons (Fsp3) is 0. The fourth-order valence-electron chi connectivity index (χ4n) is 1.74. The van der Waals surface area contributed by atoms with Gasteiger partial charge in [0.1, 0.15) is 0 Å². The summed E-state index contributed by atoms with van der Waals surface area (Å²) in [5.74, 6) is -0.877. The average molecular weight is 268 g/mol. The van der Waals surface area contributed by atoms with E-state index in [4.69, 9.17) is 0 Å². The van der Waals surface area contributed by atoms with Crippen molar-refractivity contribution in [3.63, 3.8) is 0 Å². The maximum absolute atomic E-state index is 12.3. The molecule has 0 unspecified atom stereocenters. The summed E-state index contributed by atoms with van der Waals surface area (Å²) in [4.78, 5) is 24.5. The first-order chi connectivity index (χ1) is 9.77. The normalized spacial score (nSPS) is 10.4. The number of hydrogen-bond acceptors (Lipinski definition) is 6. The molecule has 20 heavy (non-hydrogen) atoms. The molecule has 8 nitrogen and oxygen atoms in total. The van der Waals surface area contributed by atoms with Gasteiger partial charge >= 0.3 is 0 Å². The lowest BCUT2D eigenvalue weighted by Crippen LogP contribution is -2.20. The van der Waals surface area contributed by atoms with E-state index in [1.54, 1.807) is 24.3 Å². The monoisotopic (exact) mass is 268 g/mol. The third kappa shape index (κ3) is 1.99. The molecular formula is C12H8N6O2. The molecule has 3 rings (SSSR count). The van der Waals surface area contributed by atoms with Crippen molar-refractivity contribution in [2.45, 2.75) is 0 Å². The predicted molar refractivity (Wildman–Crippen MR) is 65.9 cm³/mol. The van der Waals surface area contributed by atoms with Crippen LogP contribution < -0.4 is 0 Å². The molecule has 2 heterocycles. The summed E-state index contributed by atoms with van der Waals surface area (Å²) in [5, 5.41) is 14.4. The summed E-state index contributed by atoms with van der Waals surface area (Å²) in [7, 11) is 0. The molecule has 0 atom stereocenters. The first kappa shape index (κ1) is 11.9. The average Bonchev–Trinajstić information content (AvgIpc) is 3.18. The van der Waals surface area contributed by atoms with E-state index >= 15 is 0 Å². The Morgan fingerprint density at radius 2 is 1.25 bits per heavy atom. The van der Waals surface area contributed by atoms with Crippen LogP contribution in [0.1, 0.15) is 20.7 Å². The Hall–Kier alpha value is -3.16. The second-order valence-corrected chi connectivity index (χ2v) is 3.85. The SMILES string of the molecule is O=C(c1ccccc1C(=O)n1ccnn1)n1ccnn1. The Labute approximate surface area is 112 Å². The fourth-order valence-corrected chi connectivity index (χ4v) is 1.74. The number of benzene rings is 1. The third-order valence-electron chi connectivity index (χ3n) is 2.65. The van der Waals surface area contributed by atoms with Crippen LogP contribution in [0, 0.1) is 0 Å². The number of carbonyl (C=O) groups excluding carboxylic acids is 2. The summed E-state index contributed by atoms with van der Waals surface area (Å²) in [6.45, 7) is 0. The van der Waals surface area contributed by atoms with E-state index in [1.165, 1.54) is 24.8 Å². The maximum atomic E-state index is 12.3. The van der Waals surface area contributed by atoms with Gasteiger partial charge in [-0.05, 0) is 12.1 Å². The summed E-state index contributed by atoms with van der Waals surface area (Å²) < 4.78 is 2.13. The van der Waals surface area contributed by atoms with Crippen molar-refractivity contribution in [3.8, 4) is 0 Å². The predicted octanol–water partition coefficient (Wildman–Crippen LogP) is 0.247. The van der Waals surface area contributed by atoms with Crippen LogP contribution >= 0.6 is 0 Å². The molecule has 0 saturated heterocycles. The van der Waals surface area contributed by atoms with Crippen LogP contribution in [0.5, 0.6) is 0 Å². The van der Waals surface area contributed by atoms with Gasteiger partial charge in [0.15, 0.2) is 0 Å². The Bertz CT molecular complexity index is 683. The zero-order chi connectivity index (χ0) is 13.9. The first-order valence-corrected chi connectivity index (χ1v) is 5.68. The Morgan fingerprint density at radius 1 is 0.800 bits per heavy atom. The molecule has 98 valence electrons. The topological polar surface area (TPSA) is 95.6 Å². The molecule has 0 radical (unpaired) electrons. The summed E-state index contributed by atoms with van der Waals surface area (Å²) >= 11 is 0. The standard InChI is InChI=1S/C12H8N6O2/c19-11(17-7-5-13-15-17)9-3-1-2-4-10(9)12(20)18-8-6-14-16-18/h1-8H. The Morgan fingerprint density at radius 3 is 1.60 bits per heavy atom. The van der Waals surface area contributed by atoms with E-state index in [0.717, 1.165) is 9.36 Å². The van der Waals surface area contributed by atoms with Crippen LogP contribution in [0.2, 0.25) is 0 Å². The second-order valence-electron chi connectivity index (χ2n) is 3.85. The van der Waals surface area contributed by atoms with Gasteiger partial charge in [0.2, 0.25) is 0 Å². The van der Waals surface area contributed by atoms with E-state index in [9.17, 15) is 9.59 Å². The largest absolute Gasteiger partial charge is 0.280 e. The number of aromatic nitrogens is 6. The second kappa shape index (κ2) is 4.84. The van der Waals surface area contributed by atoms with Gasteiger partial charge in [0.25, 0.3) is 11.8 Å². The first-order valence-electron chi connectivity index (χ1n) is 5.68. The molecule has 0 saturated carbocycles. The van der Waals surface area contributed by atoms with Gasteiger partial charge in [-0.2, -0.15) is 9.36 Å². The van der Waals surface area contributed by atoms with Crippen molar-refractivity contribution in [2.75, 3.05) is 0 Å². The Kier molecular flexibility index (Phi) is 2.88. The van der Waals surface area contributed by atoms with Gasteiger partial charge in [-0.3, -0.25) is 9.59 Å². The molecule has 0 fully saturated rings. The lowest BCUT2D eigenvalue weighted by atomic mass is 10.1. The highest BCUT2D eigenvalue weighted by atomic mass is 16.2. The molecular weight excluding hydrogens is 260 g/mol. The van der Waals surface area contributed by atoms with Crippen molar-refractivity contribution in [2.24, 2.45) is 0 Å². The van der Waals surface area contributed by atoms with Gasteiger partial charge < -0.3 is 0 Å². The van der Waals surface area contributed by atoms with E-state index in [1.807, 2.05) is 0 Å². The van der Waals surface area contributed by atoms with Crippen LogP contribution in [-0.2, 0) is 0 Å². The number of nitrogens with zero attached hydrogens (tertiary/aromatic N) is 6.